The third-order valence-corrected chi connectivity index (χ3v) is 9.31. The summed E-state index contributed by atoms with van der Waals surface area (Å²) in [4.78, 5) is 6.03. The Labute approximate surface area is 200 Å². The Balaban J connectivity index is 1.62. The van der Waals surface area contributed by atoms with E-state index in [9.17, 15) is 26.7 Å². The Kier molecular flexibility index (Phi) is 6.74. The SMILES string of the molecule is C[C@@](O)(c1ccc(N2CCN(S(=O)(=O)c3cccs3)C[C@H]2Cc2ccncc2)cc1)C(F)(F)F. The summed E-state index contributed by atoms with van der Waals surface area (Å²) < 4.78 is 67.6. The fourth-order valence-corrected chi connectivity index (χ4v) is 6.64. The Morgan fingerprint density at radius 3 is 2.35 bits per heavy atom. The molecule has 3 aromatic rings. The van der Waals surface area contributed by atoms with Crippen molar-refractivity contribution >= 4 is 27.0 Å². The van der Waals surface area contributed by atoms with Crippen molar-refractivity contribution in [1.82, 2.24) is 9.29 Å². The van der Waals surface area contributed by atoms with Gasteiger partial charge < -0.3 is 10.0 Å². The molecule has 1 aliphatic heterocycles. The summed E-state index contributed by atoms with van der Waals surface area (Å²) in [7, 11) is -3.64. The zero-order chi connectivity index (χ0) is 24.6. The molecule has 0 amide bonds. The molecule has 0 saturated carbocycles. The first-order valence-corrected chi connectivity index (χ1v) is 12.9. The van der Waals surface area contributed by atoms with Crippen LogP contribution in [-0.2, 0) is 22.0 Å². The second-order valence-electron chi connectivity index (χ2n) is 8.32. The minimum Gasteiger partial charge on any atom is -0.376 e. The van der Waals surface area contributed by atoms with Gasteiger partial charge in [0.05, 0.1) is 0 Å². The largest absolute Gasteiger partial charge is 0.421 e. The molecule has 0 unspecified atom stereocenters. The molecule has 1 aliphatic rings. The maximum absolute atomic E-state index is 13.2. The van der Waals surface area contributed by atoms with Gasteiger partial charge in [-0.2, -0.15) is 17.5 Å². The number of alkyl halides is 3. The maximum Gasteiger partial charge on any atom is 0.421 e. The van der Waals surface area contributed by atoms with Crippen LogP contribution in [0.25, 0.3) is 0 Å². The molecule has 3 heterocycles. The van der Waals surface area contributed by atoms with Crippen LogP contribution in [0.5, 0.6) is 0 Å². The predicted octanol–water partition coefficient (Wildman–Crippen LogP) is 4.04. The molecule has 1 N–H and O–H groups in total. The smallest absolute Gasteiger partial charge is 0.376 e. The zero-order valence-corrected chi connectivity index (χ0v) is 19.9. The molecule has 1 aromatic carbocycles. The number of anilines is 1. The van der Waals surface area contributed by atoms with Crippen LogP contribution in [0.1, 0.15) is 18.1 Å². The van der Waals surface area contributed by atoms with E-state index in [-0.39, 0.29) is 28.9 Å². The molecule has 34 heavy (non-hydrogen) atoms. The Morgan fingerprint density at radius 2 is 1.76 bits per heavy atom. The van der Waals surface area contributed by atoms with Crippen molar-refractivity contribution in [1.29, 1.82) is 0 Å². The number of benzene rings is 1. The van der Waals surface area contributed by atoms with Crippen molar-refractivity contribution in [3.63, 3.8) is 0 Å². The van der Waals surface area contributed by atoms with Gasteiger partial charge in [0.2, 0.25) is 0 Å². The summed E-state index contributed by atoms with van der Waals surface area (Å²) >= 11 is 1.16. The molecule has 1 fully saturated rings. The van der Waals surface area contributed by atoms with E-state index >= 15 is 0 Å². The molecule has 0 radical (unpaired) electrons. The molecule has 6 nitrogen and oxygen atoms in total. The number of rotatable bonds is 6. The van der Waals surface area contributed by atoms with E-state index in [1.807, 2.05) is 17.0 Å². The minimum absolute atomic E-state index is 0.227. The van der Waals surface area contributed by atoms with Crippen LogP contribution in [0.2, 0.25) is 0 Å². The summed E-state index contributed by atoms with van der Waals surface area (Å²) in [6.07, 6.45) is -0.950. The normalized spacial score (nSPS) is 19.7. The molecular formula is C23H24F3N3O3S2. The summed E-state index contributed by atoms with van der Waals surface area (Å²) in [5, 5.41) is 11.7. The number of aromatic nitrogens is 1. The second kappa shape index (κ2) is 9.29. The monoisotopic (exact) mass is 511 g/mol. The van der Waals surface area contributed by atoms with Crippen LogP contribution in [0.3, 0.4) is 0 Å². The lowest BCUT2D eigenvalue weighted by Gasteiger charge is -2.42. The first-order valence-electron chi connectivity index (χ1n) is 10.6. The first kappa shape index (κ1) is 24.6. The summed E-state index contributed by atoms with van der Waals surface area (Å²) in [5.74, 6) is 0. The number of hydrogen-bond acceptors (Lipinski definition) is 6. The number of thiophene rings is 1. The zero-order valence-electron chi connectivity index (χ0n) is 18.3. The molecule has 2 aromatic heterocycles. The number of hydrogen-bond donors (Lipinski definition) is 1. The average molecular weight is 512 g/mol. The lowest BCUT2D eigenvalue weighted by molar-refractivity contribution is -0.258. The van der Waals surface area contributed by atoms with Gasteiger partial charge in [0.1, 0.15) is 4.21 Å². The molecular weight excluding hydrogens is 487 g/mol. The molecule has 1 saturated heterocycles. The topological polar surface area (TPSA) is 73.7 Å². The highest BCUT2D eigenvalue weighted by atomic mass is 32.2. The third kappa shape index (κ3) is 4.83. The fraction of sp³-hybridized carbons (Fsp3) is 0.348. The van der Waals surface area contributed by atoms with Crippen molar-refractivity contribution in [3.8, 4) is 0 Å². The summed E-state index contributed by atoms with van der Waals surface area (Å²) in [5.41, 5.74) is -1.59. The Bertz CT molecular complexity index is 1200. The molecule has 182 valence electrons. The average Bonchev–Trinajstić information content (AvgIpc) is 3.35. The van der Waals surface area contributed by atoms with E-state index < -0.39 is 21.8 Å². The van der Waals surface area contributed by atoms with E-state index in [4.69, 9.17) is 0 Å². The highest BCUT2D eigenvalue weighted by molar-refractivity contribution is 7.91. The molecule has 0 spiro atoms. The van der Waals surface area contributed by atoms with Crippen molar-refractivity contribution in [2.45, 2.75) is 35.4 Å². The van der Waals surface area contributed by atoms with Gasteiger partial charge in [-0.15, -0.1) is 11.3 Å². The fourth-order valence-electron chi connectivity index (χ4n) is 4.03. The molecule has 11 heteroatoms. The number of halogens is 3. The van der Waals surface area contributed by atoms with Gasteiger partial charge in [-0.05, 0) is 60.2 Å². The summed E-state index contributed by atoms with van der Waals surface area (Å²) in [6.45, 7) is 1.57. The molecule has 4 rings (SSSR count). The van der Waals surface area contributed by atoms with Gasteiger partial charge in [-0.25, -0.2) is 8.42 Å². The number of aliphatic hydroxyl groups is 1. The van der Waals surface area contributed by atoms with Crippen molar-refractivity contribution in [2.24, 2.45) is 0 Å². The predicted molar refractivity (Wildman–Crippen MR) is 124 cm³/mol. The van der Waals surface area contributed by atoms with E-state index in [1.165, 1.54) is 16.4 Å². The van der Waals surface area contributed by atoms with E-state index in [2.05, 4.69) is 4.98 Å². The van der Waals surface area contributed by atoms with Crippen molar-refractivity contribution < 1.29 is 26.7 Å². The van der Waals surface area contributed by atoms with Crippen LogP contribution in [0, 0.1) is 0 Å². The molecule has 0 aliphatic carbocycles. The van der Waals surface area contributed by atoms with Crippen molar-refractivity contribution in [3.05, 3.63) is 77.4 Å². The van der Waals surface area contributed by atoms with E-state index in [0.29, 0.717) is 18.7 Å². The van der Waals surface area contributed by atoms with Gasteiger partial charge in [-0.1, -0.05) is 18.2 Å². The van der Waals surface area contributed by atoms with Crippen LogP contribution in [0.15, 0.2) is 70.5 Å². The highest BCUT2D eigenvalue weighted by Gasteiger charge is 2.51. The number of pyridine rings is 1. The summed E-state index contributed by atoms with van der Waals surface area (Å²) in [6, 6.07) is 12.3. The second-order valence-corrected chi connectivity index (χ2v) is 11.4. The highest BCUT2D eigenvalue weighted by Crippen LogP contribution is 2.39. The number of nitrogens with zero attached hydrogens (tertiary/aromatic N) is 3. The van der Waals surface area contributed by atoms with Crippen LogP contribution < -0.4 is 4.90 Å². The van der Waals surface area contributed by atoms with Gasteiger partial charge in [0, 0.05) is 43.8 Å². The van der Waals surface area contributed by atoms with Gasteiger partial charge in [0.25, 0.3) is 10.0 Å². The standard InChI is InChI=1S/C23H24F3N3O3S2/c1-22(30,23(24,25)26)18-4-6-19(7-5-18)29-13-12-28(34(31,32)21-3-2-14-33-21)16-20(29)15-17-8-10-27-11-9-17/h2-11,14,20,30H,12-13,15-16H2,1H3/t20-,22-/m1/s1. The molecule has 0 bridgehead atoms. The Morgan fingerprint density at radius 1 is 1.09 bits per heavy atom. The lowest BCUT2D eigenvalue weighted by Crippen LogP contribution is -2.55. The lowest BCUT2D eigenvalue weighted by atomic mass is 9.94. The van der Waals surface area contributed by atoms with Crippen LogP contribution in [0.4, 0.5) is 18.9 Å². The van der Waals surface area contributed by atoms with E-state index in [1.54, 1.807) is 42.0 Å². The first-order chi connectivity index (χ1) is 16.0. The van der Waals surface area contributed by atoms with Gasteiger partial charge >= 0.3 is 6.18 Å². The number of sulfonamides is 1. The van der Waals surface area contributed by atoms with Crippen molar-refractivity contribution in [2.75, 3.05) is 24.5 Å². The quantitative estimate of drug-likeness (QED) is 0.541. The van der Waals surface area contributed by atoms with Gasteiger partial charge in [-0.3, -0.25) is 4.98 Å². The van der Waals surface area contributed by atoms with Gasteiger partial charge in [0.15, 0.2) is 5.60 Å². The van der Waals surface area contributed by atoms with Crippen LogP contribution in [-0.4, -0.2) is 54.7 Å². The third-order valence-electron chi connectivity index (χ3n) is 6.07. The number of piperazine rings is 1. The minimum atomic E-state index is -4.81. The van der Waals surface area contributed by atoms with E-state index in [0.717, 1.165) is 23.8 Å². The van der Waals surface area contributed by atoms with Crippen LogP contribution >= 0.6 is 11.3 Å². The Hall–Kier alpha value is -2.47. The molecule has 2 atom stereocenters. The maximum atomic E-state index is 13.2.